The summed E-state index contributed by atoms with van der Waals surface area (Å²) >= 11 is 9.38. The molecular weight excluding hydrogens is 302 g/mol. The third kappa shape index (κ3) is 2.47. The van der Waals surface area contributed by atoms with Crippen LogP contribution in [-0.4, -0.2) is 19.2 Å². The van der Waals surface area contributed by atoms with Crippen LogP contribution in [0.5, 0.6) is 5.75 Å². The maximum atomic E-state index is 6.04. The zero-order valence-electron chi connectivity index (χ0n) is 10.3. The molecule has 1 fully saturated rings. The molecule has 0 bridgehead atoms. The SMILES string of the molecule is CNC1CC(Oc2ccc(Cl)cc2Br)C1(C)C. The van der Waals surface area contributed by atoms with Crippen LogP contribution >= 0.6 is 27.5 Å². The molecule has 94 valence electrons. The van der Waals surface area contributed by atoms with Crippen molar-refractivity contribution in [3.8, 4) is 5.75 Å². The van der Waals surface area contributed by atoms with E-state index in [4.69, 9.17) is 16.3 Å². The largest absolute Gasteiger partial charge is 0.489 e. The van der Waals surface area contributed by atoms with Crippen LogP contribution in [0.15, 0.2) is 22.7 Å². The number of hydrogen-bond donors (Lipinski definition) is 1. The normalized spacial score (nSPS) is 26.4. The maximum Gasteiger partial charge on any atom is 0.134 e. The molecular formula is C13H17BrClNO. The van der Waals surface area contributed by atoms with E-state index in [1.807, 2.05) is 25.2 Å². The Bertz CT molecular complexity index is 422. The number of halogens is 2. The first-order chi connectivity index (χ1) is 7.95. The molecule has 2 nitrogen and oxygen atoms in total. The van der Waals surface area contributed by atoms with Gasteiger partial charge in [-0.15, -0.1) is 0 Å². The Hall–Kier alpha value is -0.250. The third-order valence-corrected chi connectivity index (χ3v) is 4.54. The lowest BCUT2D eigenvalue weighted by molar-refractivity contribution is -0.0524. The summed E-state index contributed by atoms with van der Waals surface area (Å²) in [5.41, 5.74) is 0.161. The van der Waals surface area contributed by atoms with Crippen LogP contribution in [0, 0.1) is 5.41 Å². The lowest BCUT2D eigenvalue weighted by Crippen LogP contribution is -2.61. The van der Waals surface area contributed by atoms with E-state index in [0.29, 0.717) is 11.1 Å². The second-order valence-corrected chi connectivity index (χ2v) is 6.37. The monoisotopic (exact) mass is 317 g/mol. The maximum absolute atomic E-state index is 6.04. The highest BCUT2D eigenvalue weighted by Crippen LogP contribution is 2.44. The predicted octanol–water partition coefficient (Wildman–Crippen LogP) is 3.87. The Morgan fingerprint density at radius 2 is 2.18 bits per heavy atom. The molecule has 1 aromatic carbocycles. The van der Waals surface area contributed by atoms with E-state index in [0.717, 1.165) is 16.6 Å². The molecule has 0 heterocycles. The molecule has 1 N–H and O–H groups in total. The third-order valence-electron chi connectivity index (χ3n) is 3.69. The molecule has 0 radical (unpaired) electrons. The molecule has 1 aliphatic carbocycles. The second-order valence-electron chi connectivity index (χ2n) is 5.08. The zero-order valence-corrected chi connectivity index (χ0v) is 12.6. The molecule has 1 saturated carbocycles. The summed E-state index contributed by atoms with van der Waals surface area (Å²) in [5.74, 6) is 0.863. The fourth-order valence-corrected chi connectivity index (χ4v) is 3.08. The van der Waals surface area contributed by atoms with Crippen molar-refractivity contribution in [3.05, 3.63) is 27.7 Å². The minimum Gasteiger partial charge on any atom is -0.489 e. The van der Waals surface area contributed by atoms with Gasteiger partial charge in [-0.25, -0.2) is 0 Å². The predicted molar refractivity (Wildman–Crippen MR) is 74.8 cm³/mol. The second kappa shape index (κ2) is 4.79. The van der Waals surface area contributed by atoms with Crippen LogP contribution in [-0.2, 0) is 0 Å². The minimum atomic E-state index is 0.161. The summed E-state index contributed by atoms with van der Waals surface area (Å²) in [6.07, 6.45) is 1.29. The van der Waals surface area contributed by atoms with Gasteiger partial charge in [-0.1, -0.05) is 25.4 Å². The van der Waals surface area contributed by atoms with E-state index in [1.54, 1.807) is 0 Å². The number of benzene rings is 1. The zero-order chi connectivity index (χ0) is 12.6. The first kappa shape index (κ1) is 13.2. The van der Waals surface area contributed by atoms with Gasteiger partial charge in [0.25, 0.3) is 0 Å². The van der Waals surface area contributed by atoms with Crippen molar-refractivity contribution >= 4 is 27.5 Å². The average Bonchev–Trinajstić information content (AvgIpc) is 2.26. The van der Waals surface area contributed by atoms with Crippen molar-refractivity contribution in [2.24, 2.45) is 5.41 Å². The molecule has 4 heteroatoms. The van der Waals surface area contributed by atoms with Crippen molar-refractivity contribution in [1.82, 2.24) is 5.32 Å². The highest BCUT2D eigenvalue weighted by Gasteiger charge is 2.49. The van der Waals surface area contributed by atoms with Gasteiger partial charge in [0.2, 0.25) is 0 Å². The lowest BCUT2D eigenvalue weighted by atomic mass is 9.64. The molecule has 0 spiro atoms. The highest BCUT2D eigenvalue weighted by molar-refractivity contribution is 9.10. The number of hydrogen-bond acceptors (Lipinski definition) is 2. The van der Waals surface area contributed by atoms with E-state index in [-0.39, 0.29) is 11.5 Å². The Morgan fingerprint density at radius 3 is 2.71 bits per heavy atom. The summed E-state index contributed by atoms with van der Waals surface area (Å²) in [5, 5.41) is 4.03. The number of ether oxygens (including phenoxy) is 1. The van der Waals surface area contributed by atoms with Gasteiger partial charge in [0.15, 0.2) is 0 Å². The van der Waals surface area contributed by atoms with Crippen molar-refractivity contribution in [3.63, 3.8) is 0 Å². The topological polar surface area (TPSA) is 21.3 Å². The van der Waals surface area contributed by atoms with Gasteiger partial charge < -0.3 is 10.1 Å². The quantitative estimate of drug-likeness (QED) is 0.913. The molecule has 0 amide bonds. The van der Waals surface area contributed by atoms with Crippen LogP contribution in [0.1, 0.15) is 20.3 Å². The first-order valence-corrected chi connectivity index (χ1v) is 6.91. The number of rotatable bonds is 3. The summed E-state index contributed by atoms with van der Waals surface area (Å²) in [4.78, 5) is 0. The molecule has 0 aliphatic heterocycles. The standard InChI is InChI=1S/C13H17BrClNO/c1-13(2)11(16-3)7-12(13)17-10-5-4-8(15)6-9(10)14/h4-6,11-12,16H,7H2,1-3H3. The summed E-state index contributed by atoms with van der Waals surface area (Å²) in [6.45, 7) is 4.46. The summed E-state index contributed by atoms with van der Waals surface area (Å²) < 4.78 is 6.95. The molecule has 0 saturated heterocycles. The van der Waals surface area contributed by atoms with Crippen LogP contribution in [0.2, 0.25) is 5.02 Å². The van der Waals surface area contributed by atoms with Gasteiger partial charge in [-0.05, 0) is 41.2 Å². The average molecular weight is 319 g/mol. The summed E-state index contributed by atoms with van der Waals surface area (Å²) in [7, 11) is 2.00. The van der Waals surface area contributed by atoms with E-state index in [9.17, 15) is 0 Å². The van der Waals surface area contributed by atoms with E-state index < -0.39 is 0 Å². The fourth-order valence-electron chi connectivity index (χ4n) is 2.30. The molecule has 0 aromatic heterocycles. The van der Waals surface area contributed by atoms with Gasteiger partial charge in [0, 0.05) is 22.9 Å². The number of nitrogens with one attached hydrogen (secondary N) is 1. The lowest BCUT2D eigenvalue weighted by Gasteiger charge is -2.51. The molecule has 2 rings (SSSR count). The Labute approximate surface area is 116 Å². The molecule has 2 unspecified atom stereocenters. The highest BCUT2D eigenvalue weighted by atomic mass is 79.9. The molecule has 1 aromatic rings. The van der Waals surface area contributed by atoms with Crippen molar-refractivity contribution in [2.75, 3.05) is 7.05 Å². The van der Waals surface area contributed by atoms with E-state index in [1.165, 1.54) is 0 Å². The van der Waals surface area contributed by atoms with Gasteiger partial charge in [-0.3, -0.25) is 0 Å². The van der Waals surface area contributed by atoms with Crippen LogP contribution < -0.4 is 10.1 Å². The van der Waals surface area contributed by atoms with E-state index in [2.05, 4.69) is 35.1 Å². The summed E-state index contributed by atoms with van der Waals surface area (Å²) in [6, 6.07) is 6.15. The first-order valence-electron chi connectivity index (χ1n) is 5.74. The van der Waals surface area contributed by atoms with E-state index >= 15 is 0 Å². The minimum absolute atomic E-state index is 0.161. The Kier molecular flexibility index (Phi) is 3.71. The van der Waals surface area contributed by atoms with Crippen LogP contribution in [0.3, 0.4) is 0 Å². The van der Waals surface area contributed by atoms with Crippen molar-refractivity contribution < 1.29 is 4.74 Å². The Balaban J connectivity index is 2.08. The van der Waals surface area contributed by atoms with Gasteiger partial charge >= 0.3 is 0 Å². The van der Waals surface area contributed by atoms with Crippen molar-refractivity contribution in [1.29, 1.82) is 0 Å². The smallest absolute Gasteiger partial charge is 0.134 e. The van der Waals surface area contributed by atoms with Gasteiger partial charge in [0.05, 0.1) is 4.47 Å². The Morgan fingerprint density at radius 1 is 1.47 bits per heavy atom. The molecule has 1 aliphatic rings. The van der Waals surface area contributed by atoms with Crippen molar-refractivity contribution in [2.45, 2.75) is 32.4 Å². The van der Waals surface area contributed by atoms with Crippen LogP contribution in [0.25, 0.3) is 0 Å². The molecule has 2 atom stereocenters. The van der Waals surface area contributed by atoms with Gasteiger partial charge in [-0.2, -0.15) is 0 Å². The van der Waals surface area contributed by atoms with Crippen LogP contribution in [0.4, 0.5) is 0 Å². The van der Waals surface area contributed by atoms with Gasteiger partial charge in [0.1, 0.15) is 11.9 Å². The fraction of sp³-hybridized carbons (Fsp3) is 0.538. The molecule has 17 heavy (non-hydrogen) atoms.